The van der Waals surface area contributed by atoms with Gasteiger partial charge in [-0.3, -0.25) is 0 Å². The van der Waals surface area contributed by atoms with Gasteiger partial charge in [0.25, 0.3) is 0 Å². The van der Waals surface area contributed by atoms with Crippen molar-refractivity contribution in [3.63, 3.8) is 0 Å². The summed E-state index contributed by atoms with van der Waals surface area (Å²) >= 11 is 0. The molecule has 0 aliphatic heterocycles. The summed E-state index contributed by atoms with van der Waals surface area (Å²) in [6.07, 6.45) is 1.63. The molecule has 6 heteroatoms. The average Bonchev–Trinajstić information content (AvgIpc) is 3.00. The molecule has 0 aliphatic carbocycles. The van der Waals surface area contributed by atoms with Crippen LogP contribution in [-0.4, -0.2) is 32.9 Å². The number of hydrogen-bond donors (Lipinski definition) is 1. The fourth-order valence-corrected chi connectivity index (χ4v) is 1.96. The van der Waals surface area contributed by atoms with Gasteiger partial charge >= 0.3 is 0 Å². The number of nitrogens with zero attached hydrogens (tertiary/aromatic N) is 1. The minimum absolute atomic E-state index is 0.487. The van der Waals surface area contributed by atoms with E-state index in [0.717, 1.165) is 17.8 Å². The van der Waals surface area contributed by atoms with Gasteiger partial charge < -0.3 is 23.9 Å². The Kier molecular flexibility index (Phi) is 5.05. The van der Waals surface area contributed by atoms with Gasteiger partial charge in [0.15, 0.2) is 11.5 Å². The summed E-state index contributed by atoms with van der Waals surface area (Å²) < 4.78 is 21.5. The van der Waals surface area contributed by atoms with E-state index in [0.29, 0.717) is 29.7 Å². The van der Waals surface area contributed by atoms with Gasteiger partial charge in [-0.15, -0.1) is 0 Å². The van der Waals surface area contributed by atoms with Crippen molar-refractivity contribution in [3.8, 4) is 28.7 Å². The lowest BCUT2D eigenvalue weighted by Gasteiger charge is -2.12. The van der Waals surface area contributed by atoms with Crippen LogP contribution in [0.1, 0.15) is 12.6 Å². The van der Waals surface area contributed by atoms with Crippen molar-refractivity contribution < 1.29 is 18.6 Å². The van der Waals surface area contributed by atoms with Crippen LogP contribution in [0.2, 0.25) is 0 Å². The largest absolute Gasteiger partial charge is 0.496 e. The lowest BCUT2D eigenvalue weighted by molar-refractivity contribution is 0.349. The molecule has 1 N–H and O–H groups in total. The fourth-order valence-electron chi connectivity index (χ4n) is 1.96. The minimum Gasteiger partial charge on any atom is -0.496 e. The SMILES string of the molecule is CCNCc1coc(-c2cc(OC)c(OC)cc2OC)n1. The zero-order valence-corrected chi connectivity index (χ0v) is 12.7. The smallest absolute Gasteiger partial charge is 0.230 e. The number of hydrogen-bond acceptors (Lipinski definition) is 6. The number of aromatic nitrogens is 1. The standard InChI is InChI=1S/C15H20N2O4/c1-5-16-8-10-9-21-15(17-10)11-6-13(19-3)14(20-4)7-12(11)18-2/h6-7,9,16H,5,8H2,1-4H3. The topological polar surface area (TPSA) is 65.8 Å². The molecular weight excluding hydrogens is 272 g/mol. The summed E-state index contributed by atoms with van der Waals surface area (Å²) in [5, 5.41) is 3.20. The van der Waals surface area contributed by atoms with Crippen LogP contribution >= 0.6 is 0 Å². The summed E-state index contributed by atoms with van der Waals surface area (Å²) in [6, 6.07) is 3.54. The Morgan fingerprint density at radius 3 is 2.33 bits per heavy atom. The summed E-state index contributed by atoms with van der Waals surface area (Å²) in [7, 11) is 4.75. The Hall–Kier alpha value is -2.21. The van der Waals surface area contributed by atoms with E-state index < -0.39 is 0 Å². The average molecular weight is 292 g/mol. The zero-order chi connectivity index (χ0) is 15.2. The number of rotatable bonds is 7. The number of oxazole rings is 1. The van der Waals surface area contributed by atoms with Crippen molar-refractivity contribution in [3.05, 3.63) is 24.1 Å². The summed E-state index contributed by atoms with van der Waals surface area (Å²) in [6.45, 7) is 3.58. The van der Waals surface area contributed by atoms with E-state index in [1.54, 1.807) is 39.7 Å². The summed E-state index contributed by atoms with van der Waals surface area (Å²) in [5.41, 5.74) is 1.56. The van der Waals surface area contributed by atoms with Gasteiger partial charge in [0, 0.05) is 18.7 Å². The van der Waals surface area contributed by atoms with E-state index in [2.05, 4.69) is 10.3 Å². The lowest BCUT2D eigenvalue weighted by Crippen LogP contribution is -2.11. The minimum atomic E-state index is 0.487. The molecule has 0 fully saturated rings. The highest BCUT2D eigenvalue weighted by Crippen LogP contribution is 2.39. The molecule has 1 aromatic carbocycles. The molecule has 0 aliphatic rings. The molecular formula is C15H20N2O4. The van der Waals surface area contributed by atoms with Gasteiger partial charge in [0.05, 0.1) is 32.6 Å². The van der Waals surface area contributed by atoms with Crippen molar-refractivity contribution in [2.45, 2.75) is 13.5 Å². The van der Waals surface area contributed by atoms with Gasteiger partial charge in [-0.05, 0) is 6.54 Å². The maximum atomic E-state index is 5.54. The van der Waals surface area contributed by atoms with Gasteiger partial charge in [-0.2, -0.15) is 0 Å². The predicted octanol–water partition coefficient (Wildman–Crippen LogP) is 2.48. The van der Waals surface area contributed by atoms with Crippen molar-refractivity contribution >= 4 is 0 Å². The van der Waals surface area contributed by atoms with Crippen LogP contribution in [0.4, 0.5) is 0 Å². The lowest BCUT2D eigenvalue weighted by atomic mass is 10.1. The molecule has 114 valence electrons. The van der Waals surface area contributed by atoms with Gasteiger partial charge in [0.1, 0.15) is 12.0 Å². The van der Waals surface area contributed by atoms with Crippen molar-refractivity contribution in [1.82, 2.24) is 10.3 Å². The van der Waals surface area contributed by atoms with Gasteiger partial charge in [-0.1, -0.05) is 6.92 Å². The van der Waals surface area contributed by atoms with Crippen LogP contribution in [0.5, 0.6) is 17.2 Å². The Morgan fingerprint density at radius 1 is 1.05 bits per heavy atom. The normalized spacial score (nSPS) is 10.5. The third-order valence-corrected chi connectivity index (χ3v) is 3.04. The first-order valence-corrected chi connectivity index (χ1v) is 6.69. The van der Waals surface area contributed by atoms with Gasteiger partial charge in [-0.25, -0.2) is 4.98 Å². The number of methoxy groups -OCH3 is 3. The fraction of sp³-hybridized carbons (Fsp3) is 0.400. The molecule has 0 amide bonds. The van der Waals surface area contributed by atoms with E-state index in [-0.39, 0.29) is 0 Å². The Balaban J connectivity index is 2.39. The van der Waals surface area contributed by atoms with Crippen molar-refractivity contribution in [1.29, 1.82) is 0 Å². The molecule has 0 unspecified atom stereocenters. The van der Waals surface area contributed by atoms with E-state index >= 15 is 0 Å². The highest BCUT2D eigenvalue weighted by Gasteiger charge is 2.17. The Morgan fingerprint density at radius 2 is 1.71 bits per heavy atom. The monoisotopic (exact) mass is 292 g/mol. The zero-order valence-electron chi connectivity index (χ0n) is 12.7. The second kappa shape index (κ2) is 6.99. The molecule has 0 radical (unpaired) electrons. The molecule has 1 heterocycles. The third kappa shape index (κ3) is 3.28. The molecule has 21 heavy (non-hydrogen) atoms. The van der Waals surface area contributed by atoms with E-state index in [1.807, 2.05) is 6.92 Å². The molecule has 6 nitrogen and oxygen atoms in total. The van der Waals surface area contributed by atoms with Gasteiger partial charge in [0.2, 0.25) is 5.89 Å². The number of nitrogens with one attached hydrogen (secondary N) is 1. The Bertz CT molecular complexity index is 595. The van der Waals surface area contributed by atoms with Crippen molar-refractivity contribution in [2.75, 3.05) is 27.9 Å². The molecule has 2 aromatic rings. The van der Waals surface area contributed by atoms with E-state index in [9.17, 15) is 0 Å². The first-order valence-electron chi connectivity index (χ1n) is 6.69. The predicted molar refractivity (Wildman–Crippen MR) is 79.0 cm³/mol. The maximum absolute atomic E-state index is 5.54. The second-order valence-electron chi connectivity index (χ2n) is 4.33. The number of benzene rings is 1. The van der Waals surface area contributed by atoms with E-state index in [1.165, 1.54) is 0 Å². The molecule has 0 saturated carbocycles. The summed E-state index contributed by atoms with van der Waals surface area (Å²) in [5.74, 6) is 2.29. The van der Waals surface area contributed by atoms with Crippen LogP contribution in [0.3, 0.4) is 0 Å². The molecule has 0 saturated heterocycles. The van der Waals surface area contributed by atoms with E-state index in [4.69, 9.17) is 18.6 Å². The van der Waals surface area contributed by atoms with Crippen LogP contribution in [0.15, 0.2) is 22.8 Å². The first-order chi connectivity index (χ1) is 10.2. The Labute approximate surface area is 124 Å². The maximum Gasteiger partial charge on any atom is 0.230 e. The molecule has 0 atom stereocenters. The van der Waals surface area contributed by atoms with Crippen molar-refractivity contribution in [2.24, 2.45) is 0 Å². The second-order valence-corrected chi connectivity index (χ2v) is 4.33. The third-order valence-electron chi connectivity index (χ3n) is 3.04. The first kappa shape index (κ1) is 15.2. The van der Waals surface area contributed by atoms with Crippen LogP contribution < -0.4 is 19.5 Å². The summed E-state index contributed by atoms with van der Waals surface area (Å²) in [4.78, 5) is 4.45. The number of ether oxygens (including phenoxy) is 3. The van der Waals surface area contributed by atoms with Crippen LogP contribution in [-0.2, 0) is 6.54 Å². The molecule has 1 aromatic heterocycles. The molecule has 2 rings (SSSR count). The molecule has 0 spiro atoms. The highest BCUT2D eigenvalue weighted by molar-refractivity contribution is 5.68. The quantitative estimate of drug-likeness (QED) is 0.845. The van der Waals surface area contributed by atoms with Crippen LogP contribution in [0, 0.1) is 0 Å². The molecule has 0 bridgehead atoms. The highest BCUT2D eigenvalue weighted by atomic mass is 16.5. The van der Waals surface area contributed by atoms with Crippen LogP contribution in [0.25, 0.3) is 11.5 Å².